The smallest absolute Gasteiger partial charge is 0.244 e. The second-order valence-electron chi connectivity index (χ2n) is 6.04. The molecule has 3 rings (SSSR count). The maximum atomic E-state index is 12.8. The van der Waals surface area contributed by atoms with Crippen LogP contribution < -0.4 is 0 Å². The normalized spacial score (nSPS) is 28.0. The van der Waals surface area contributed by atoms with Crippen LogP contribution in [0.3, 0.4) is 0 Å². The van der Waals surface area contributed by atoms with E-state index in [4.69, 9.17) is 0 Å². The van der Waals surface area contributed by atoms with E-state index in [2.05, 4.69) is 13.8 Å². The predicted molar refractivity (Wildman–Crippen MR) is 83.9 cm³/mol. The Morgan fingerprint density at radius 2 is 1.90 bits per heavy atom. The first kappa shape index (κ1) is 15.4. The Hall–Kier alpha value is -0.500. The highest BCUT2D eigenvalue weighted by Gasteiger charge is 2.34. The number of hydrogen-bond acceptors (Lipinski definition) is 4. The molecule has 2 unspecified atom stereocenters. The van der Waals surface area contributed by atoms with E-state index in [-0.39, 0.29) is 6.61 Å². The zero-order valence-electron chi connectivity index (χ0n) is 12.4. The van der Waals surface area contributed by atoms with E-state index in [0.717, 1.165) is 12.8 Å². The summed E-state index contributed by atoms with van der Waals surface area (Å²) >= 11 is 1.83. The molecule has 5 nitrogen and oxygen atoms in total. The van der Waals surface area contributed by atoms with Gasteiger partial charge in [0.15, 0.2) is 0 Å². The fourth-order valence-electron chi connectivity index (χ4n) is 2.93. The minimum absolute atomic E-state index is 0.116. The average molecular weight is 330 g/mol. The van der Waals surface area contributed by atoms with Gasteiger partial charge in [-0.25, -0.2) is 8.42 Å². The number of aliphatic hydroxyl groups is 1. The molecule has 0 bridgehead atoms. The monoisotopic (exact) mass is 330 g/mol. The molecule has 1 aliphatic carbocycles. The van der Waals surface area contributed by atoms with E-state index >= 15 is 0 Å². The molecular formula is C14H22N2O3S2. The molecule has 1 aromatic rings. The van der Waals surface area contributed by atoms with Crippen LogP contribution in [0.2, 0.25) is 0 Å². The molecule has 7 heteroatoms. The van der Waals surface area contributed by atoms with E-state index in [1.54, 1.807) is 16.6 Å². The zero-order valence-corrected chi connectivity index (χ0v) is 14.0. The van der Waals surface area contributed by atoms with Crippen molar-refractivity contribution in [2.24, 2.45) is 0 Å². The zero-order chi connectivity index (χ0) is 15.2. The van der Waals surface area contributed by atoms with E-state index < -0.39 is 10.0 Å². The summed E-state index contributed by atoms with van der Waals surface area (Å²) in [6, 6.07) is 2.00. The highest BCUT2D eigenvalue weighted by molar-refractivity contribution is 8.00. The number of aromatic nitrogens is 1. The molecule has 1 aromatic heterocycles. The number of nitrogens with zero attached hydrogens (tertiary/aromatic N) is 2. The third kappa shape index (κ3) is 3.02. The summed E-state index contributed by atoms with van der Waals surface area (Å²) in [5, 5.41) is 10.1. The highest BCUT2D eigenvalue weighted by Crippen LogP contribution is 2.38. The van der Waals surface area contributed by atoms with E-state index in [0.29, 0.717) is 40.2 Å². The van der Waals surface area contributed by atoms with Crippen LogP contribution in [0, 0.1) is 0 Å². The van der Waals surface area contributed by atoms with Gasteiger partial charge in [-0.1, -0.05) is 13.8 Å². The molecule has 21 heavy (non-hydrogen) atoms. The maximum absolute atomic E-state index is 12.8. The Bertz CT molecular complexity index is 612. The van der Waals surface area contributed by atoms with Crippen molar-refractivity contribution < 1.29 is 13.5 Å². The molecule has 118 valence electrons. The highest BCUT2D eigenvalue weighted by atomic mass is 32.2. The lowest BCUT2D eigenvalue weighted by Gasteiger charge is -2.33. The summed E-state index contributed by atoms with van der Waals surface area (Å²) in [7, 11) is -3.46. The number of rotatable bonds is 4. The first-order valence-corrected chi connectivity index (χ1v) is 9.77. The van der Waals surface area contributed by atoms with Crippen LogP contribution >= 0.6 is 11.8 Å². The maximum Gasteiger partial charge on any atom is 0.244 e. The Kier molecular flexibility index (Phi) is 4.11. The molecule has 2 atom stereocenters. The lowest BCUT2D eigenvalue weighted by Crippen LogP contribution is -2.43. The van der Waals surface area contributed by atoms with Crippen LogP contribution in [-0.4, -0.2) is 46.0 Å². The van der Waals surface area contributed by atoms with Gasteiger partial charge in [-0.15, -0.1) is 0 Å². The lowest BCUT2D eigenvalue weighted by molar-refractivity contribution is 0.270. The SMILES string of the molecule is CC1CN(S(=O)(=O)c2cc(CO)n(C3CC3)c2)CC(C)S1. The van der Waals surface area contributed by atoms with Crippen LogP contribution in [0.15, 0.2) is 17.2 Å². The molecule has 0 spiro atoms. The number of hydrogen-bond donors (Lipinski definition) is 1. The average Bonchev–Trinajstić information content (AvgIpc) is 3.16. The van der Waals surface area contributed by atoms with Gasteiger partial charge in [0.2, 0.25) is 10.0 Å². The molecule has 0 radical (unpaired) electrons. The molecule has 1 aliphatic heterocycles. The van der Waals surface area contributed by atoms with Crippen molar-refractivity contribution in [3.8, 4) is 0 Å². The lowest BCUT2D eigenvalue weighted by atomic mass is 10.4. The van der Waals surface area contributed by atoms with Crippen molar-refractivity contribution >= 4 is 21.8 Å². The summed E-state index contributed by atoms with van der Waals surface area (Å²) in [5.74, 6) is 0. The summed E-state index contributed by atoms with van der Waals surface area (Å²) < 4.78 is 29.2. The van der Waals surface area contributed by atoms with Crippen LogP contribution in [0.4, 0.5) is 0 Å². The molecule has 1 saturated carbocycles. The van der Waals surface area contributed by atoms with Crippen molar-refractivity contribution in [1.82, 2.24) is 8.87 Å². The fraction of sp³-hybridized carbons (Fsp3) is 0.714. The summed E-state index contributed by atoms with van der Waals surface area (Å²) in [6.45, 7) is 5.13. The number of thioether (sulfide) groups is 1. The number of sulfonamides is 1. The first-order chi connectivity index (χ1) is 9.91. The van der Waals surface area contributed by atoms with Crippen molar-refractivity contribution in [2.45, 2.75) is 54.7 Å². The van der Waals surface area contributed by atoms with Crippen LogP contribution in [0.25, 0.3) is 0 Å². The van der Waals surface area contributed by atoms with Gasteiger partial charge in [-0.3, -0.25) is 0 Å². The van der Waals surface area contributed by atoms with E-state index in [9.17, 15) is 13.5 Å². The molecule has 1 N–H and O–H groups in total. The van der Waals surface area contributed by atoms with Crippen molar-refractivity contribution in [3.05, 3.63) is 18.0 Å². The third-order valence-electron chi connectivity index (χ3n) is 4.03. The quantitative estimate of drug-likeness (QED) is 0.915. The van der Waals surface area contributed by atoms with Gasteiger partial charge in [0, 0.05) is 41.5 Å². The van der Waals surface area contributed by atoms with Gasteiger partial charge in [0.1, 0.15) is 4.90 Å². The minimum atomic E-state index is -3.46. The standard InChI is InChI=1S/C14H22N2O3S2/c1-10-6-15(7-11(2)20-10)21(18,19)14-5-13(9-17)16(8-14)12-3-4-12/h5,8,10-12,17H,3-4,6-7,9H2,1-2H3. The van der Waals surface area contributed by atoms with Gasteiger partial charge in [0.25, 0.3) is 0 Å². The summed E-state index contributed by atoms with van der Waals surface area (Å²) in [6.07, 6.45) is 3.83. The summed E-state index contributed by atoms with van der Waals surface area (Å²) in [4.78, 5) is 0.324. The molecule has 1 saturated heterocycles. The molecule has 2 fully saturated rings. The van der Waals surface area contributed by atoms with Crippen LogP contribution in [-0.2, 0) is 16.6 Å². The van der Waals surface area contributed by atoms with E-state index in [1.807, 2.05) is 16.3 Å². The largest absolute Gasteiger partial charge is 0.390 e. The fourth-order valence-corrected chi connectivity index (χ4v) is 6.12. The molecule has 2 aliphatic rings. The van der Waals surface area contributed by atoms with Crippen molar-refractivity contribution in [3.63, 3.8) is 0 Å². The van der Waals surface area contributed by atoms with Gasteiger partial charge in [-0.05, 0) is 18.9 Å². The first-order valence-electron chi connectivity index (χ1n) is 7.39. The number of aliphatic hydroxyl groups excluding tert-OH is 1. The second-order valence-corrected chi connectivity index (χ2v) is 9.86. The topological polar surface area (TPSA) is 62.5 Å². The van der Waals surface area contributed by atoms with Crippen LogP contribution in [0.1, 0.15) is 38.4 Å². The van der Waals surface area contributed by atoms with Gasteiger partial charge < -0.3 is 9.67 Å². The van der Waals surface area contributed by atoms with Gasteiger partial charge >= 0.3 is 0 Å². The summed E-state index contributed by atoms with van der Waals surface area (Å²) in [5.41, 5.74) is 0.698. The predicted octanol–water partition coefficient (Wildman–Crippen LogP) is 1.83. The van der Waals surface area contributed by atoms with E-state index in [1.165, 1.54) is 0 Å². The minimum Gasteiger partial charge on any atom is -0.390 e. The molecular weight excluding hydrogens is 308 g/mol. The van der Waals surface area contributed by atoms with Gasteiger partial charge in [0.05, 0.1) is 6.61 Å². The Balaban J connectivity index is 1.90. The second kappa shape index (κ2) is 5.61. The third-order valence-corrected chi connectivity index (χ3v) is 7.06. The molecule has 2 heterocycles. The molecule has 0 amide bonds. The van der Waals surface area contributed by atoms with Gasteiger partial charge in [-0.2, -0.15) is 16.1 Å². The Labute approximate surface area is 130 Å². The van der Waals surface area contributed by atoms with Crippen LogP contribution in [0.5, 0.6) is 0 Å². The molecule has 0 aromatic carbocycles. The van der Waals surface area contributed by atoms with Crippen molar-refractivity contribution in [1.29, 1.82) is 0 Å². The Morgan fingerprint density at radius 3 is 2.43 bits per heavy atom. The Morgan fingerprint density at radius 1 is 1.29 bits per heavy atom. The van der Waals surface area contributed by atoms with Crippen molar-refractivity contribution in [2.75, 3.05) is 13.1 Å².